The van der Waals surface area contributed by atoms with E-state index in [-0.39, 0.29) is 17.4 Å². The highest BCUT2D eigenvalue weighted by molar-refractivity contribution is 5.78. The predicted molar refractivity (Wildman–Crippen MR) is 65.6 cm³/mol. The fourth-order valence-electron chi connectivity index (χ4n) is 1.83. The van der Waals surface area contributed by atoms with Gasteiger partial charge in [-0.15, -0.1) is 0 Å². The monoisotopic (exact) mass is 252 g/mol. The van der Waals surface area contributed by atoms with Crippen molar-refractivity contribution in [2.45, 2.75) is 46.2 Å². The van der Waals surface area contributed by atoms with Crippen LogP contribution in [0.3, 0.4) is 0 Å². The van der Waals surface area contributed by atoms with Crippen molar-refractivity contribution in [1.29, 1.82) is 0 Å². The lowest BCUT2D eigenvalue weighted by atomic mass is 9.97. The molecule has 1 aromatic heterocycles. The van der Waals surface area contributed by atoms with Gasteiger partial charge >= 0.3 is 0 Å². The van der Waals surface area contributed by atoms with E-state index in [2.05, 4.69) is 41.5 Å². The van der Waals surface area contributed by atoms with E-state index < -0.39 is 0 Å². The summed E-state index contributed by atoms with van der Waals surface area (Å²) in [5, 5.41) is 10.00. The van der Waals surface area contributed by atoms with Gasteiger partial charge in [0.1, 0.15) is 6.04 Å². The first-order valence-corrected chi connectivity index (χ1v) is 6.27. The van der Waals surface area contributed by atoms with Crippen molar-refractivity contribution < 1.29 is 9.32 Å². The average molecular weight is 252 g/mol. The van der Waals surface area contributed by atoms with E-state index in [1.165, 1.54) is 0 Å². The molecule has 0 radical (unpaired) electrons. The van der Waals surface area contributed by atoms with Crippen molar-refractivity contribution in [3.63, 3.8) is 0 Å². The molecule has 18 heavy (non-hydrogen) atoms. The van der Waals surface area contributed by atoms with Crippen LogP contribution in [0.4, 0.5) is 0 Å². The molecule has 100 valence electrons. The van der Waals surface area contributed by atoms with E-state index in [0.717, 1.165) is 13.0 Å². The van der Waals surface area contributed by atoms with Gasteiger partial charge in [0.2, 0.25) is 11.8 Å². The molecule has 0 bridgehead atoms. The number of carbonyl (C=O) groups is 1. The molecule has 2 rings (SSSR count). The molecule has 6 nitrogen and oxygen atoms in total. The normalized spacial score (nSPS) is 20.2. The van der Waals surface area contributed by atoms with E-state index in [0.29, 0.717) is 24.7 Å². The van der Waals surface area contributed by atoms with Crippen LogP contribution in [0, 0.1) is 5.41 Å². The number of hydrogen-bond donors (Lipinski definition) is 2. The van der Waals surface area contributed by atoms with E-state index in [1.807, 2.05) is 0 Å². The zero-order chi connectivity index (χ0) is 13.2. The van der Waals surface area contributed by atoms with E-state index in [1.54, 1.807) is 0 Å². The summed E-state index contributed by atoms with van der Waals surface area (Å²) in [5.41, 5.74) is 0.228. The number of nitrogens with one attached hydrogen (secondary N) is 2. The highest BCUT2D eigenvalue weighted by atomic mass is 16.5. The Kier molecular flexibility index (Phi) is 3.65. The van der Waals surface area contributed by atoms with E-state index in [4.69, 9.17) is 4.52 Å². The van der Waals surface area contributed by atoms with Gasteiger partial charge in [-0.3, -0.25) is 4.79 Å². The van der Waals surface area contributed by atoms with Crippen LogP contribution in [-0.4, -0.2) is 22.6 Å². The first-order valence-electron chi connectivity index (χ1n) is 6.27. The summed E-state index contributed by atoms with van der Waals surface area (Å²) in [6, 6.07) is -0.110. The molecule has 6 heteroatoms. The maximum atomic E-state index is 11.1. The van der Waals surface area contributed by atoms with Gasteiger partial charge in [-0.2, -0.15) is 4.98 Å². The van der Waals surface area contributed by atoms with Gasteiger partial charge in [-0.05, 0) is 11.8 Å². The SMILES string of the molecule is CC(C)(C)CNCc1noc([C@@H]2CCC(=O)N2)n1. The number of aromatic nitrogens is 2. The first kappa shape index (κ1) is 13.0. The van der Waals surface area contributed by atoms with Gasteiger partial charge in [0.15, 0.2) is 5.82 Å². The molecule has 1 aromatic rings. The molecule has 1 fully saturated rings. The van der Waals surface area contributed by atoms with Crippen molar-refractivity contribution in [1.82, 2.24) is 20.8 Å². The number of amides is 1. The van der Waals surface area contributed by atoms with Crippen molar-refractivity contribution in [2.24, 2.45) is 5.41 Å². The van der Waals surface area contributed by atoms with Crippen molar-refractivity contribution >= 4 is 5.91 Å². The van der Waals surface area contributed by atoms with Gasteiger partial charge in [-0.25, -0.2) is 0 Å². The minimum Gasteiger partial charge on any atom is -0.344 e. The zero-order valence-corrected chi connectivity index (χ0v) is 11.1. The third-order valence-electron chi connectivity index (χ3n) is 2.72. The lowest BCUT2D eigenvalue weighted by Gasteiger charge is -2.17. The maximum absolute atomic E-state index is 11.1. The van der Waals surface area contributed by atoms with Crippen molar-refractivity contribution in [3.05, 3.63) is 11.7 Å². The predicted octanol–water partition coefficient (Wildman–Crippen LogP) is 1.16. The third-order valence-corrected chi connectivity index (χ3v) is 2.72. The number of nitrogens with zero attached hydrogens (tertiary/aromatic N) is 2. The summed E-state index contributed by atoms with van der Waals surface area (Å²) >= 11 is 0. The Hall–Kier alpha value is -1.43. The van der Waals surface area contributed by atoms with Crippen LogP contribution in [0.25, 0.3) is 0 Å². The maximum Gasteiger partial charge on any atom is 0.249 e. The molecule has 1 aliphatic heterocycles. The lowest BCUT2D eigenvalue weighted by Crippen LogP contribution is -2.26. The molecule has 2 N–H and O–H groups in total. The zero-order valence-electron chi connectivity index (χ0n) is 11.1. The Morgan fingerprint density at radius 3 is 2.89 bits per heavy atom. The summed E-state index contributed by atoms with van der Waals surface area (Å²) in [7, 11) is 0. The van der Waals surface area contributed by atoms with Crippen molar-refractivity contribution in [2.75, 3.05) is 6.54 Å². The smallest absolute Gasteiger partial charge is 0.249 e. The van der Waals surface area contributed by atoms with Crippen LogP contribution >= 0.6 is 0 Å². The first-order chi connectivity index (χ1) is 8.44. The number of rotatable bonds is 4. The highest BCUT2D eigenvalue weighted by Crippen LogP contribution is 2.21. The fourth-order valence-corrected chi connectivity index (χ4v) is 1.83. The minimum absolute atomic E-state index is 0.0469. The molecule has 0 unspecified atom stereocenters. The highest BCUT2D eigenvalue weighted by Gasteiger charge is 2.27. The standard InChI is InChI=1S/C12H20N4O2/c1-12(2,3)7-13-6-9-15-11(18-16-9)8-4-5-10(17)14-8/h8,13H,4-7H2,1-3H3,(H,14,17)/t8-/m0/s1. The van der Waals surface area contributed by atoms with E-state index in [9.17, 15) is 4.79 Å². The molecule has 1 saturated heterocycles. The number of hydrogen-bond acceptors (Lipinski definition) is 5. The topological polar surface area (TPSA) is 80.0 Å². The second-order valence-electron chi connectivity index (χ2n) is 5.87. The quantitative estimate of drug-likeness (QED) is 0.840. The van der Waals surface area contributed by atoms with Gasteiger partial charge in [0, 0.05) is 13.0 Å². The molecule has 0 spiro atoms. The molecule has 2 heterocycles. The van der Waals surface area contributed by atoms with E-state index >= 15 is 0 Å². The lowest BCUT2D eigenvalue weighted by molar-refractivity contribution is -0.119. The second-order valence-corrected chi connectivity index (χ2v) is 5.87. The van der Waals surface area contributed by atoms with Crippen LogP contribution in [0.5, 0.6) is 0 Å². The summed E-state index contributed by atoms with van der Waals surface area (Å²) in [6.07, 6.45) is 1.26. The third kappa shape index (κ3) is 3.53. The Morgan fingerprint density at radius 1 is 1.50 bits per heavy atom. The average Bonchev–Trinajstić information content (AvgIpc) is 2.85. The summed E-state index contributed by atoms with van der Waals surface area (Å²) in [6.45, 7) is 7.96. The van der Waals surface area contributed by atoms with Gasteiger partial charge in [0.25, 0.3) is 0 Å². The molecule has 0 aliphatic carbocycles. The van der Waals surface area contributed by atoms with Crippen LogP contribution in [0.15, 0.2) is 4.52 Å². The fraction of sp³-hybridized carbons (Fsp3) is 0.750. The van der Waals surface area contributed by atoms with Crippen LogP contribution in [-0.2, 0) is 11.3 Å². The van der Waals surface area contributed by atoms with Crippen LogP contribution in [0.1, 0.15) is 51.4 Å². The summed E-state index contributed by atoms with van der Waals surface area (Å²) in [5.74, 6) is 1.19. The van der Waals surface area contributed by atoms with Crippen molar-refractivity contribution in [3.8, 4) is 0 Å². The Bertz CT molecular complexity index is 422. The summed E-state index contributed by atoms with van der Waals surface area (Å²) < 4.78 is 5.16. The molecule has 0 aromatic carbocycles. The molecule has 1 aliphatic rings. The van der Waals surface area contributed by atoms with Crippen LogP contribution in [0.2, 0.25) is 0 Å². The largest absolute Gasteiger partial charge is 0.344 e. The van der Waals surface area contributed by atoms with Gasteiger partial charge < -0.3 is 15.2 Å². The van der Waals surface area contributed by atoms with Gasteiger partial charge in [0.05, 0.1) is 6.54 Å². The Labute approximate surface area is 107 Å². The molecule has 1 amide bonds. The number of carbonyl (C=O) groups excluding carboxylic acids is 1. The van der Waals surface area contributed by atoms with Crippen LogP contribution < -0.4 is 10.6 Å². The van der Waals surface area contributed by atoms with Gasteiger partial charge in [-0.1, -0.05) is 25.9 Å². The molecular formula is C12H20N4O2. The second kappa shape index (κ2) is 5.06. The Balaban J connectivity index is 1.85. The molecular weight excluding hydrogens is 232 g/mol. The summed E-state index contributed by atoms with van der Waals surface area (Å²) in [4.78, 5) is 15.4. The molecule has 1 atom stereocenters. The molecule has 0 saturated carbocycles. The minimum atomic E-state index is -0.110. The Morgan fingerprint density at radius 2 is 2.28 bits per heavy atom.